The van der Waals surface area contributed by atoms with E-state index in [1.807, 2.05) is 18.2 Å². The zero-order valence-corrected chi connectivity index (χ0v) is 18.6. The first kappa shape index (κ1) is 22.7. The molecule has 2 aliphatic heterocycles. The van der Waals surface area contributed by atoms with Crippen LogP contribution in [0.4, 0.5) is 8.78 Å². The molecule has 1 N–H and O–H groups in total. The number of nitrogens with one attached hydrogen (secondary N) is 1. The molecule has 4 rings (SSSR count). The van der Waals surface area contributed by atoms with Crippen molar-refractivity contribution < 1.29 is 18.6 Å². The normalized spacial score (nSPS) is 21.2. The topological polar surface area (TPSA) is 71.7 Å². The first-order valence-corrected chi connectivity index (χ1v) is 11.7. The molecule has 0 amide bonds. The van der Waals surface area contributed by atoms with Crippen LogP contribution in [-0.4, -0.2) is 42.1 Å². The smallest absolute Gasteiger partial charge is 0.142 e. The molecule has 2 aromatic carbocycles. The number of hydrogen-bond donors (Lipinski definition) is 1. The van der Waals surface area contributed by atoms with Gasteiger partial charge in [0, 0.05) is 17.5 Å². The highest BCUT2D eigenvalue weighted by Crippen LogP contribution is 2.49. The number of halogens is 2. The van der Waals surface area contributed by atoms with Crippen LogP contribution in [0.1, 0.15) is 43.2 Å². The molecule has 0 saturated carbocycles. The van der Waals surface area contributed by atoms with Crippen molar-refractivity contribution >= 4 is 22.7 Å². The second-order valence-electron chi connectivity index (χ2n) is 8.09. The summed E-state index contributed by atoms with van der Waals surface area (Å²) in [6, 6.07) is 10.3. The number of rotatable bonds is 7. The van der Waals surface area contributed by atoms with E-state index in [-0.39, 0.29) is 16.5 Å². The van der Waals surface area contributed by atoms with Gasteiger partial charge in [-0.05, 0) is 75.5 Å². The summed E-state index contributed by atoms with van der Waals surface area (Å²) < 4.78 is 33.8. The molecule has 170 valence electrons. The number of benzene rings is 2. The van der Waals surface area contributed by atoms with Gasteiger partial charge < -0.3 is 14.7 Å². The zero-order chi connectivity index (χ0) is 22.6. The number of aliphatic imine (C=N–C) groups is 1. The fraction of sp³-hybridized carbons (Fsp3) is 0.417. The van der Waals surface area contributed by atoms with Crippen molar-refractivity contribution in [3.8, 4) is 5.75 Å². The lowest BCUT2D eigenvalue weighted by molar-refractivity contribution is -0.219. The van der Waals surface area contributed by atoms with Crippen LogP contribution in [0.2, 0.25) is 0 Å². The first-order valence-electron chi connectivity index (χ1n) is 10.9. The van der Waals surface area contributed by atoms with Crippen LogP contribution in [0.25, 0.3) is 0 Å². The fourth-order valence-electron chi connectivity index (χ4n) is 4.21. The van der Waals surface area contributed by atoms with Crippen LogP contribution in [0.3, 0.4) is 0 Å². The molecule has 1 unspecified atom stereocenters. The maximum absolute atomic E-state index is 14.3. The SMILES string of the molecule is N=C(SC1(N=C([O-])CCCN2CCCC2)CCOc2ccccc21)c1cc(F)ccc1F. The van der Waals surface area contributed by atoms with Crippen molar-refractivity contribution in [2.24, 2.45) is 4.99 Å². The molecule has 2 aromatic rings. The minimum atomic E-state index is -1.12. The van der Waals surface area contributed by atoms with Crippen LogP contribution in [0.5, 0.6) is 5.75 Å². The van der Waals surface area contributed by atoms with E-state index >= 15 is 0 Å². The summed E-state index contributed by atoms with van der Waals surface area (Å²) in [4.78, 5) is 5.79. The van der Waals surface area contributed by atoms with Gasteiger partial charge in [0.2, 0.25) is 0 Å². The van der Waals surface area contributed by atoms with E-state index in [0.29, 0.717) is 30.8 Å². The first-order chi connectivity index (χ1) is 15.5. The van der Waals surface area contributed by atoms with E-state index in [1.165, 1.54) is 12.8 Å². The maximum atomic E-state index is 14.3. The number of thioether (sulfide) groups is 1. The van der Waals surface area contributed by atoms with Crippen LogP contribution in [0, 0.1) is 17.0 Å². The molecule has 0 aliphatic carbocycles. The summed E-state index contributed by atoms with van der Waals surface area (Å²) in [6.07, 6.45) is 3.79. The van der Waals surface area contributed by atoms with Crippen molar-refractivity contribution in [3.05, 3.63) is 65.2 Å². The van der Waals surface area contributed by atoms with Crippen molar-refractivity contribution in [2.45, 2.75) is 37.0 Å². The predicted molar refractivity (Wildman–Crippen MR) is 121 cm³/mol. The zero-order valence-electron chi connectivity index (χ0n) is 17.8. The number of ether oxygens (including phenoxy) is 1. The third-order valence-corrected chi connectivity index (χ3v) is 7.10. The van der Waals surface area contributed by atoms with Gasteiger partial charge in [0.05, 0.1) is 11.7 Å². The molecule has 0 radical (unpaired) electrons. The lowest BCUT2D eigenvalue weighted by Crippen LogP contribution is -2.33. The summed E-state index contributed by atoms with van der Waals surface area (Å²) >= 11 is 0.972. The highest BCUT2D eigenvalue weighted by molar-refractivity contribution is 8.15. The van der Waals surface area contributed by atoms with Crippen molar-refractivity contribution in [3.63, 3.8) is 0 Å². The molecular weight excluding hydrogens is 432 g/mol. The van der Waals surface area contributed by atoms with Crippen LogP contribution < -0.4 is 9.84 Å². The Hall–Kier alpha value is -2.45. The Morgan fingerprint density at radius 2 is 1.97 bits per heavy atom. The van der Waals surface area contributed by atoms with E-state index < -0.39 is 16.5 Å². The molecule has 0 bridgehead atoms. The minimum absolute atomic E-state index is 0.143. The Bertz CT molecular complexity index is 1010. The lowest BCUT2D eigenvalue weighted by Gasteiger charge is -2.37. The fourth-order valence-corrected chi connectivity index (χ4v) is 5.42. The molecule has 1 fully saturated rings. The van der Waals surface area contributed by atoms with E-state index in [0.717, 1.165) is 56.0 Å². The molecule has 0 aromatic heterocycles. The van der Waals surface area contributed by atoms with Gasteiger partial charge in [-0.1, -0.05) is 30.0 Å². The Kier molecular flexibility index (Phi) is 7.10. The number of fused-ring (bicyclic) bond motifs is 1. The van der Waals surface area contributed by atoms with Crippen molar-refractivity contribution in [1.29, 1.82) is 5.41 Å². The summed E-state index contributed by atoms with van der Waals surface area (Å²) in [5, 5.41) is 21.2. The quantitative estimate of drug-likeness (QED) is 0.496. The van der Waals surface area contributed by atoms with Crippen LogP contribution in [0.15, 0.2) is 47.5 Å². The second kappa shape index (κ2) is 10.0. The monoisotopic (exact) mass is 458 g/mol. The Morgan fingerprint density at radius 3 is 2.78 bits per heavy atom. The Labute approximate surface area is 191 Å². The largest absolute Gasteiger partial charge is 0.862 e. The molecule has 8 heteroatoms. The van der Waals surface area contributed by atoms with E-state index in [9.17, 15) is 13.9 Å². The third kappa shape index (κ3) is 5.13. The Morgan fingerprint density at radius 1 is 1.19 bits per heavy atom. The highest BCUT2D eigenvalue weighted by atomic mass is 32.2. The number of nitrogens with zero attached hydrogens (tertiary/aromatic N) is 2. The minimum Gasteiger partial charge on any atom is -0.862 e. The highest BCUT2D eigenvalue weighted by Gasteiger charge is 2.40. The molecule has 1 atom stereocenters. The maximum Gasteiger partial charge on any atom is 0.142 e. The second-order valence-corrected chi connectivity index (χ2v) is 9.38. The van der Waals surface area contributed by atoms with Gasteiger partial charge in [-0.2, -0.15) is 0 Å². The number of para-hydroxylation sites is 1. The van der Waals surface area contributed by atoms with E-state index in [1.54, 1.807) is 6.07 Å². The summed E-state index contributed by atoms with van der Waals surface area (Å²) in [5.41, 5.74) is 0.528. The molecule has 32 heavy (non-hydrogen) atoms. The molecule has 0 spiro atoms. The van der Waals surface area contributed by atoms with Crippen molar-refractivity contribution in [2.75, 3.05) is 26.2 Å². The van der Waals surface area contributed by atoms with Gasteiger partial charge in [0.1, 0.15) is 22.3 Å². The van der Waals surface area contributed by atoms with Gasteiger partial charge in [-0.15, -0.1) is 0 Å². The van der Waals surface area contributed by atoms with Gasteiger partial charge in [-0.3, -0.25) is 10.4 Å². The van der Waals surface area contributed by atoms with Crippen LogP contribution in [-0.2, 0) is 4.87 Å². The standard InChI is InChI=1S/C24H27F2N3O2S/c25-17-9-10-20(26)18(16-17)23(27)32-24(11-15-31-21-7-2-1-6-19(21)24)28-22(30)8-5-14-29-12-3-4-13-29/h1-2,6-7,9-10,16,27H,3-5,8,11-15H2,(H,28,30)/p-1. The number of hydrogen-bond acceptors (Lipinski definition) is 6. The average Bonchev–Trinajstić information content (AvgIpc) is 3.29. The molecule has 2 heterocycles. The predicted octanol–water partition coefficient (Wildman–Crippen LogP) is 4.29. The van der Waals surface area contributed by atoms with Gasteiger partial charge in [0.15, 0.2) is 0 Å². The average molecular weight is 459 g/mol. The molecule has 1 saturated heterocycles. The summed E-state index contributed by atoms with van der Waals surface area (Å²) in [7, 11) is 0. The third-order valence-electron chi connectivity index (χ3n) is 5.82. The molecular formula is C24H26F2N3O2S-. The van der Waals surface area contributed by atoms with Gasteiger partial charge in [0.25, 0.3) is 0 Å². The van der Waals surface area contributed by atoms with Gasteiger partial charge in [-0.25, -0.2) is 8.78 Å². The molecule has 5 nitrogen and oxygen atoms in total. The van der Waals surface area contributed by atoms with Gasteiger partial charge >= 0.3 is 0 Å². The summed E-state index contributed by atoms with van der Waals surface area (Å²) in [6.45, 7) is 3.33. The van der Waals surface area contributed by atoms with E-state index in [4.69, 9.17) is 10.1 Å². The van der Waals surface area contributed by atoms with Crippen LogP contribution >= 0.6 is 11.8 Å². The lowest BCUT2D eigenvalue weighted by atomic mass is 10.00. The number of likely N-dealkylation sites (tertiary alicyclic amines) is 1. The molecule has 2 aliphatic rings. The van der Waals surface area contributed by atoms with Crippen molar-refractivity contribution in [1.82, 2.24) is 4.90 Å². The Balaban J connectivity index is 1.60. The summed E-state index contributed by atoms with van der Waals surface area (Å²) in [5.74, 6) is -0.965. The van der Waals surface area contributed by atoms with E-state index in [2.05, 4.69) is 9.89 Å².